The molecule has 1 N–H and O–H groups in total. The largest absolute Gasteiger partial charge is 0.365 e. The SMILES string of the molecule is [C-]#[N+]c1ccn(-c2ccc(-c3cn(CNC(C)=O)oc3=O)cc2)c1. The molecule has 0 atom stereocenters. The number of carbonyl (C=O) groups is 1. The first-order valence-corrected chi connectivity index (χ1v) is 7.18. The first-order chi connectivity index (χ1) is 11.6. The van der Waals surface area contributed by atoms with E-state index in [1.165, 1.54) is 11.7 Å². The van der Waals surface area contributed by atoms with E-state index in [2.05, 4.69) is 10.2 Å². The zero-order valence-electron chi connectivity index (χ0n) is 12.9. The Kier molecular flexibility index (Phi) is 4.03. The molecule has 0 saturated carbocycles. The molecule has 3 rings (SSSR count). The van der Waals surface area contributed by atoms with Crippen molar-refractivity contribution in [1.29, 1.82) is 0 Å². The molecule has 2 heterocycles. The summed E-state index contributed by atoms with van der Waals surface area (Å²) in [5.41, 5.74) is 2.11. The normalized spacial score (nSPS) is 10.3. The summed E-state index contributed by atoms with van der Waals surface area (Å²) in [6.07, 6.45) is 5.10. The summed E-state index contributed by atoms with van der Waals surface area (Å²) in [4.78, 5) is 26.2. The van der Waals surface area contributed by atoms with Crippen LogP contribution in [0.3, 0.4) is 0 Å². The number of benzene rings is 1. The van der Waals surface area contributed by atoms with Crippen LogP contribution < -0.4 is 10.9 Å². The lowest BCUT2D eigenvalue weighted by atomic mass is 10.1. The maximum absolute atomic E-state index is 11.9. The second-order valence-corrected chi connectivity index (χ2v) is 5.17. The topological polar surface area (TPSA) is 73.5 Å². The van der Waals surface area contributed by atoms with Gasteiger partial charge in [-0.15, -0.1) is 0 Å². The van der Waals surface area contributed by atoms with Gasteiger partial charge in [-0.1, -0.05) is 12.1 Å². The Morgan fingerprint density at radius 2 is 2.00 bits per heavy atom. The average molecular weight is 322 g/mol. The number of nitrogens with one attached hydrogen (secondary N) is 1. The van der Waals surface area contributed by atoms with E-state index in [-0.39, 0.29) is 12.6 Å². The predicted molar refractivity (Wildman–Crippen MR) is 87.8 cm³/mol. The summed E-state index contributed by atoms with van der Waals surface area (Å²) in [5, 5.41) is 2.56. The van der Waals surface area contributed by atoms with Gasteiger partial charge in [-0.05, 0) is 30.0 Å². The van der Waals surface area contributed by atoms with Crippen LogP contribution >= 0.6 is 0 Å². The van der Waals surface area contributed by atoms with E-state index in [4.69, 9.17) is 11.1 Å². The maximum atomic E-state index is 11.9. The molecule has 1 amide bonds. The highest BCUT2D eigenvalue weighted by molar-refractivity contribution is 5.72. The van der Waals surface area contributed by atoms with Gasteiger partial charge >= 0.3 is 5.63 Å². The standard InChI is InChI=1S/C17H14N4O3/c1-12(22)19-11-21-10-16(17(23)24-21)13-3-5-15(6-4-13)20-8-7-14(9-20)18-2/h3-10H,11H2,1H3,(H,19,22). The van der Waals surface area contributed by atoms with Crippen molar-refractivity contribution in [3.63, 3.8) is 0 Å². The molecule has 3 aromatic rings. The van der Waals surface area contributed by atoms with Crippen molar-refractivity contribution < 1.29 is 9.32 Å². The smallest absolute Gasteiger partial charge is 0.336 e. The van der Waals surface area contributed by atoms with Gasteiger partial charge in [0.25, 0.3) is 0 Å². The van der Waals surface area contributed by atoms with Crippen LogP contribution in [0.1, 0.15) is 6.92 Å². The fourth-order valence-corrected chi connectivity index (χ4v) is 2.26. The van der Waals surface area contributed by atoms with Crippen molar-refractivity contribution in [3.8, 4) is 16.8 Å². The summed E-state index contributed by atoms with van der Waals surface area (Å²) in [6.45, 7) is 8.48. The molecule has 0 bridgehead atoms. The lowest BCUT2D eigenvalue weighted by Crippen LogP contribution is -2.22. The van der Waals surface area contributed by atoms with Crippen molar-refractivity contribution in [3.05, 3.63) is 70.8 Å². The van der Waals surface area contributed by atoms with Crippen molar-refractivity contribution in [2.45, 2.75) is 13.6 Å². The number of carbonyl (C=O) groups excluding carboxylic acids is 1. The third kappa shape index (κ3) is 3.13. The van der Waals surface area contributed by atoms with Crippen LogP contribution in [0.25, 0.3) is 21.7 Å². The Labute approximate surface area is 137 Å². The molecular weight excluding hydrogens is 308 g/mol. The summed E-state index contributed by atoms with van der Waals surface area (Å²) in [7, 11) is 0. The van der Waals surface area contributed by atoms with Crippen molar-refractivity contribution >= 4 is 11.6 Å². The first-order valence-electron chi connectivity index (χ1n) is 7.18. The van der Waals surface area contributed by atoms with Crippen LogP contribution in [0.2, 0.25) is 0 Å². The third-order valence-corrected chi connectivity index (χ3v) is 3.46. The molecule has 0 radical (unpaired) electrons. The fourth-order valence-electron chi connectivity index (χ4n) is 2.26. The summed E-state index contributed by atoms with van der Waals surface area (Å²) < 4.78 is 8.17. The molecule has 0 aliphatic carbocycles. The molecule has 0 unspecified atom stereocenters. The summed E-state index contributed by atoms with van der Waals surface area (Å²) >= 11 is 0. The average Bonchev–Trinajstić information content (AvgIpc) is 3.19. The van der Waals surface area contributed by atoms with E-state index in [9.17, 15) is 9.59 Å². The van der Waals surface area contributed by atoms with E-state index < -0.39 is 5.63 Å². The van der Waals surface area contributed by atoms with E-state index in [0.29, 0.717) is 16.8 Å². The number of hydrogen-bond donors (Lipinski definition) is 1. The molecule has 0 aliphatic heterocycles. The number of nitrogens with zero attached hydrogens (tertiary/aromatic N) is 3. The van der Waals surface area contributed by atoms with Gasteiger partial charge in [0.15, 0.2) is 0 Å². The number of aromatic nitrogens is 2. The first kappa shape index (κ1) is 15.4. The number of rotatable bonds is 4. The minimum Gasteiger partial charge on any atom is -0.336 e. The Bertz CT molecular complexity index is 970. The van der Waals surface area contributed by atoms with E-state index in [1.54, 1.807) is 24.7 Å². The Balaban J connectivity index is 1.84. The van der Waals surface area contributed by atoms with Crippen molar-refractivity contribution in [2.75, 3.05) is 0 Å². The predicted octanol–water partition coefficient (Wildman–Crippen LogP) is 2.54. The maximum Gasteiger partial charge on any atom is 0.365 e. The van der Waals surface area contributed by atoms with Gasteiger partial charge in [0.2, 0.25) is 11.6 Å². The molecule has 7 heteroatoms. The van der Waals surface area contributed by atoms with Crippen LogP contribution in [0.4, 0.5) is 5.69 Å². The van der Waals surface area contributed by atoms with Gasteiger partial charge in [-0.3, -0.25) is 4.79 Å². The summed E-state index contributed by atoms with van der Waals surface area (Å²) in [6, 6.07) is 9.06. The third-order valence-electron chi connectivity index (χ3n) is 3.46. The van der Waals surface area contributed by atoms with Crippen LogP contribution in [0.5, 0.6) is 0 Å². The van der Waals surface area contributed by atoms with Gasteiger partial charge in [0.05, 0.1) is 18.3 Å². The minimum absolute atomic E-state index is 0.103. The molecule has 24 heavy (non-hydrogen) atoms. The highest BCUT2D eigenvalue weighted by Crippen LogP contribution is 2.21. The molecule has 1 aromatic carbocycles. The van der Waals surface area contributed by atoms with E-state index in [0.717, 1.165) is 5.69 Å². The van der Waals surface area contributed by atoms with Crippen LogP contribution in [0.15, 0.2) is 58.2 Å². The monoisotopic (exact) mass is 322 g/mol. The minimum atomic E-state index is -0.468. The highest BCUT2D eigenvalue weighted by Gasteiger charge is 2.10. The Morgan fingerprint density at radius 1 is 1.25 bits per heavy atom. The molecule has 0 aliphatic rings. The van der Waals surface area contributed by atoms with Crippen molar-refractivity contribution in [2.24, 2.45) is 0 Å². The van der Waals surface area contributed by atoms with Crippen LogP contribution in [-0.4, -0.2) is 15.2 Å². The van der Waals surface area contributed by atoms with Crippen LogP contribution in [-0.2, 0) is 11.5 Å². The molecular formula is C17H14N4O3. The highest BCUT2D eigenvalue weighted by atomic mass is 16.5. The number of hydrogen-bond acceptors (Lipinski definition) is 3. The zero-order valence-corrected chi connectivity index (χ0v) is 12.9. The molecule has 0 fully saturated rings. The molecule has 0 spiro atoms. The Hall–Kier alpha value is -3.53. The zero-order chi connectivity index (χ0) is 17.1. The number of amides is 1. The fraction of sp³-hybridized carbons (Fsp3) is 0.118. The molecule has 2 aromatic heterocycles. The molecule has 7 nitrogen and oxygen atoms in total. The van der Waals surface area contributed by atoms with Gasteiger partial charge in [0, 0.05) is 18.8 Å². The second-order valence-electron chi connectivity index (χ2n) is 5.17. The van der Waals surface area contributed by atoms with E-state index in [1.807, 2.05) is 28.8 Å². The lowest BCUT2D eigenvalue weighted by molar-refractivity contribution is -0.119. The quantitative estimate of drug-likeness (QED) is 0.750. The molecule has 0 saturated heterocycles. The van der Waals surface area contributed by atoms with Gasteiger partial charge in [-0.2, -0.15) is 4.74 Å². The second kappa shape index (κ2) is 6.30. The van der Waals surface area contributed by atoms with Crippen LogP contribution in [0, 0.1) is 6.57 Å². The lowest BCUT2D eigenvalue weighted by Gasteiger charge is -2.04. The van der Waals surface area contributed by atoms with Gasteiger partial charge in [-0.25, -0.2) is 9.64 Å². The van der Waals surface area contributed by atoms with Gasteiger partial charge < -0.3 is 14.4 Å². The molecule has 120 valence electrons. The van der Waals surface area contributed by atoms with E-state index >= 15 is 0 Å². The Morgan fingerprint density at radius 3 is 2.62 bits per heavy atom. The summed E-state index contributed by atoms with van der Waals surface area (Å²) in [5.74, 6) is -0.206. The van der Waals surface area contributed by atoms with Crippen molar-refractivity contribution in [1.82, 2.24) is 14.6 Å². The van der Waals surface area contributed by atoms with Gasteiger partial charge in [0.1, 0.15) is 6.67 Å².